The molecule has 2 N–H and O–H groups in total. The van der Waals surface area contributed by atoms with Crippen LogP contribution in [0.1, 0.15) is 44.9 Å². The molecule has 0 unspecified atom stereocenters. The Kier molecular flexibility index (Phi) is 5.65. The summed E-state index contributed by atoms with van der Waals surface area (Å²) in [6.45, 7) is 0.332. The van der Waals surface area contributed by atoms with E-state index in [9.17, 15) is 9.59 Å². The monoisotopic (exact) mass is 420 g/mol. The molecule has 0 spiro atoms. The zero-order chi connectivity index (χ0) is 20.6. The number of rotatable bonds is 7. The van der Waals surface area contributed by atoms with Crippen LogP contribution in [0.3, 0.4) is 0 Å². The molecule has 0 atom stereocenters. The van der Waals surface area contributed by atoms with Crippen LogP contribution in [0.15, 0.2) is 12.1 Å². The predicted molar refractivity (Wildman–Crippen MR) is 111 cm³/mol. The fourth-order valence-corrected chi connectivity index (χ4v) is 6.28. The predicted octanol–water partition coefficient (Wildman–Crippen LogP) is 4.02. The number of carbonyl (C=O) groups excluding carboxylic acids is 2. The zero-order valence-electron chi connectivity index (χ0n) is 17.1. The molecule has 0 aliphatic heterocycles. The van der Waals surface area contributed by atoms with Crippen molar-refractivity contribution in [2.45, 2.75) is 44.9 Å². The second-order valence-corrected chi connectivity index (χ2v) is 9.35. The van der Waals surface area contributed by atoms with Crippen molar-refractivity contribution in [1.82, 2.24) is 5.32 Å². The van der Waals surface area contributed by atoms with Gasteiger partial charge in [-0.1, -0.05) is 11.6 Å². The lowest BCUT2D eigenvalue weighted by molar-refractivity contribution is -0.146. The fourth-order valence-electron chi connectivity index (χ4n) is 6.04. The Morgan fingerprint density at radius 2 is 1.62 bits per heavy atom. The summed E-state index contributed by atoms with van der Waals surface area (Å²) in [5.74, 6) is 3.07. The number of hydrogen-bond acceptors (Lipinski definition) is 4. The molecule has 0 heterocycles. The number of methoxy groups -OCH3 is 2. The first kappa shape index (κ1) is 20.3. The normalized spacial score (nSPS) is 29.4. The number of nitrogens with one attached hydrogen (secondary N) is 2. The molecule has 4 aliphatic carbocycles. The third-order valence-corrected chi connectivity index (χ3v) is 7.20. The van der Waals surface area contributed by atoms with Crippen LogP contribution < -0.4 is 20.1 Å². The van der Waals surface area contributed by atoms with Gasteiger partial charge in [-0.05, 0) is 62.3 Å². The number of ether oxygens (including phenoxy) is 2. The lowest BCUT2D eigenvalue weighted by Crippen LogP contribution is -2.53. The van der Waals surface area contributed by atoms with Gasteiger partial charge in [0.05, 0.1) is 24.9 Å². The van der Waals surface area contributed by atoms with Gasteiger partial charge in [-0.2, -0.15) is 0 Å². The minimum absolute atomic E-state index is 0.148. The first-order valence-electron chi connectivity index (χ1n) is 10.4. The van der Waals surface area contributed by atoms with Gasteiger partial charge >= 0.3 is 0 Å². The molecule has 1 aromatic rings. The molecule has 0 aromatic heterocycles. The Hall–Kier alpha value is -1.95. The van der Waals surface area contributed by atoms with Crippen molar-refractivity contribution in [3.63, 3.8) is 0 Å². The Morgan fingerprint density at radius 1 is 1.03 bits per heavy atom. The first-order chi connectivity index (χ1) is 13.9. The molecule has 4 saturated carbocycles. The van der Waals surface area contributed by atoms with Gasteiger partial charge < -0.3 is 20.1 Å². The van der Waals surface area contributed by atoms with Crippen LogP contribution in [-0.2, 0) is 9.59 Å². The van der Waals surface area contributed by atoms with Crippen molar-refractivity contribution < 1.29 is 19.1 Å². The van der Waals surface area contributed by atoms with E-state index in [4.69, 9.17) is 21.1 Å². The van der Waals surface area contributed by atoms with Crippen LogP contribution in [0.5, 0.6) is 11.5 Å². The molecule has 6 nitrogen and oxygen atoms in total. The summed E-state index contributed by atoms with van der Waals surface area (Å²) >= 11 is 6.15. The van der Waals surface area contributed by atoms with Crippen LogP contribution >= 0.6 is 11.6 Å². The molecule has 29 heavy (non-hydrogen) atoms. The molecule has 0 radical (unpaired) electrons. The molecule has 4 fully saturated rings. The summed E-state index contributed by atoms with van der Waals surface area (Å²) < 4.78 is 10.5. The van der Waals surface area contributed by atoms with E-state index < -0.39 is 0 Å². The maximum Gasteiger partial charge on any atom is 0.226 e. The van der Waals surface area contributed by atoms with Crippen LogP contribution in [-0.4, -0.2) is 32.6 Å². The Balaban J connectivity index is 1.31. The average molecular weight is 421 g/mol. The minimum atomic E-state index is -0.199. The summed E-state index contributed by atoms with van der Waals surface area (Å²) in [5, 5.41) is 6.23. The Labute approximate surface area is 176 Å². The summed E-state index contributed by atoms with van der Waals surface area (Å²) in [4.78, 5) is 25.3. The minimum Gasteiger partial charge on any atom is -0.495 e. The van der Waals surface area contributed by atoms with Crippen molar-refractivity contribution in [3.05, 3.63) is 17.2 Å². The summed E-state index contributed by atoms with van der Waals surface area (Å²) in [6, 6.07) is 3.23. The highest BCUT2D eigenvalue weighted by Gasteiger charge is 2.54. The van der Waals surface area contributed by atoms with Gasteiger partial charge in [0.15, 0.2) is 0 Å². The molecule has 158 valence electrons. The van der Waals surface area contributed by atoms with Gasteiger partial charge in [0.2, 0.25) is 11.8 Å². The van der Waals surface area contributed by atoms with E-state index in [2.05, 4.69) is 10.6 Å². The van der Waals surface area contributed by atoms with Gasteiger partial charge in [0, 0.05) is 24.4 Å². The van der Waals surface area contributed by atoms with Crippen LogP contribution in [0, 0.1) is 23.2 Å². The average Bonchev–Trinajstić information content (AvgIpc) is 2.67. The number of halogens is 1. The molecular formula is C22H29ClN2O4. The largest absolute Gasteiger partial charge is 0.495 e. The van der Waals surface area contributed by atoms with Crippen molar-refractivity contribution in [1.29, 1.82) is 0 Å². The van der Waals surface area contributed by atoms with Gasteiger partial charge in [-0.15, -0.1) is 0 Å². The van der Waals surface area contributed by atoms with Crippen LogP contribution in [0.4, 0.5) is 5.69 Å². The van der Waals surface area contributed by atoms with Gasteiger partial charge in [-0.3, -0.25) is 9.59 Å². The second-order valence-electron chi connectivity index (χ2n) is 8.94. The highest BCUT2D eigenvalue weighted by Crippen LogP contribution is 2.60. The number of amides is 2. The molecule has 4 aliphatic rings. The van der Waals surface area contributed by atoms with E-state index in [1.165, 1.54) is 33.5 Å². The highest BCUT2D eigenvalue weighted by atomic mass is 35.5. The zero-order valence-corrected chi connectivity index (χ0v) is 17.8. The van der Waals surface area contributed by atoms with E-state index in [1.807, 2.05) is 0 Å². The smallest absolute Gasteiger partial charge is 0.226 e. The summed E-state index contributed by atoms with van der Waals surface area (Å²) in [5.41, 5.74) is 0.300. The first-order valence-corrected chi connectivity index (χ1v) is 10.8. The lowest BCUT2D eigenvalue weighted by atomic mass is 9.49. The molecule has 5 rings (SSSR count). The number of carbonyl (C=O) groups is 2. The fraction of sp³-hybridized carbons (Fsp3) is 0.636. The van der Waals surface area contributed by atoms with E-state index >= 15 is 0 Å². The number of anilines is 1. The summed E-state index contributed by atoms with van der Waals surface area (Å²) in [7, 11) is 3.04. The third kappa shape index (κ3) is 4.04. The molecule has 2 amide bonds. The van der Waals surface area contributed by atoms with Crippen molar-refractivity contribution in [3.8, 4) is 11.5 Å². The lowest BCUT2D eigenvalue weighted by Gasteiger charge is -2.55. The maximum absolute atomic E-state index is 13.0. The van der Waals surface area contributed by atoms with E-state index in [-0.39, 0.29) is 23.7 Å². The number of benzene rings is 1. The van der Waals surface area contributed by atoms with E-state index in [0.717, 1.165) is 37.0 Å². The molecular weight excluding hydrogens is 392 g/mol. The van der Waals surface area contributed by atoms with Gasteiger partial charge in [-0.25, -0.2) is 0 Å². The van der Waals surface area contributed by atoms with E-state index in [0.29, 0.717) is 28.8 Å². The van der Waals surface area contributed by atoms with E-state index in [1.54, 1.807) is 12.1 Å². The number of hydrogen-bond donors (Lipinski definition) is 2. The third-order valence-electron chi connectivity index (χ3n) is 6.91. The molecule has 4 bridgehead atoms. The quantitative estimate of drug-likeness (QED) is 0.698. The molecule has 1 aromatic carbocycles. The van der Waals surface area contributed by atoms with Crippen LogP contribution in [0.2, 0.25) is 5.02 Å². The van der Waals surface area contributed by atoms with Crippen molar-refractivity contribution >= 4 is 29.1 Å². The van der Waals surface area contributed by atoms with Gasteiger partial charge in [0.25, 0.3) is 0 Å². The van der Waals surface area contributed by atoms with Gasteiger partial charge in [0.1, 0.15) is 11.5 Å². The topological polar surface area (TPSA) is 76.7 Å². The van der Waals surface area contributed by atoms with Crippen LogP contribution in [0.25, 0.3) is 0 Å². The Morgan fingerprint density at radius 3 is 2.17 bits per heavy atom. The standard InChI is InChI=1S/C22H29ClN2O4/c1-28-18-9-19(29-2)17(8-16(18)23)25-20(26)3-4-24-21(27)22-10-13-5-14(11-22)7-15(6-13)12-22/h8-9,13-15H,3-7,10-12H2,1-2H3,(H,24,27)(H,25,26). The second kappa shape index (κ2) is 8.05. The molecule has 7 heteroatoms. The molecule has 0 saturated heterocycles. The summed E-state index contributed by atoms with van der Waals surface area (Å²) in [6.07, 6.45) is 7.20. The van der Waals surface area contributed by atoms with Crippen molar-refractivity contribution in [2.24, 2.45) is 23.2 Å². The highest BCUT2D eigenvalue weighted by molar-refractivity contribution is 6.32. The Bertz CT molecular complexity index is 775. The maximum atomic E-state index is 13.0. The van der Waals surface area contributed by atoms with Crippen molar-refractivity contribution in [2.75, 3.05) is 26.1 Å². The SMILES string of the molecule is COc1cc(OC)c(NC(=O)CCNC(=O)C23CC4CC(CC(C4)C2)C3)cc1Cl.